The molecular weight excluding hydrogens is 268 g/mol. The number of fused-ring (bicyclic) bond motifs is 1. The Morgan fingerprint density at radius 3 is 2.60 bits per heavy atom. The number of nitrogens with two attached hydrogens (primary N) is 2. The standard InChI is InChI=1S/C5H6N6.C5H10O4/c6-4-8-1-2-3(10-4)11-5(7)9-2;6-2-1-4(8)5(9)3-7/h1H,(H5,6,7,8,9,10,11);2,4-5,7-9H,1,3H2. The number of nitrogens with one attached hydrogen (secondary N) is 1. The van der Waals surface area contributed by atoms with E-state index < -0.39 is 18.8 Å². The monoisotopic (exact) mass is 284 g/mol. The molecule has 2 rings (SSSR count). The van der Waals surface area contributed by atoms with E-state index in [4.69, 9.17) is 26.8 Å². The molecule has 0 bridgehead atoms. The van der Waals surface area contributed by atoms with Gasteiger partial charge in [-0.05, 0) is 0 Å². The lowest BCUT2D eigenvalue weighted by Gasteiger charge is -2.11. The summed E-state index contributed by atoms with van der Waals surface area (Å²) >= 11 is 0. The summed E-state index contributed by atoms with van der Waals surface area (Å²) in [5.74, 6) is 0.518. The Balaban J connectivity index is 0.000000206. The van der Waals surface area contributed by atoms with Gasteiger partial charge in [0.2, 0.25) is 5.95 Å². The Labute approximate surface area is 113 Å². The summed E-state index contributed by atoms with van der Waals surface area (Å²) in [6, 6.07) is 0. The van der Waals surface area contributed by atoms with Crippen molar-refractivity contribution in [3.05, 3.63) is 6.20 Å². The largest absolute Gasteiger partial charge is 0.394 e. The molecule has 10 nitrogen and oxygen atoms in total. The quantitative estimate of drug-likeness (QED) is 0.339. The van der Waals surface area contributed by atoms with Crippen LogP contribution in [0.4, 0.5) is 11.9 Å². The number of carbonyl (C=O) groups excluding carboxylic acids is 1. The minimum absolute atomic E-state index is 0.137. The lowest BCUT2D eigenvalue weighted by molar-refractivity contribution is -0.111. The van der Waals surface area contributed by atoms with Crippen LogP contribution < -0.4 is 11.5 Å². The summed E-state index contributed by atoms with van der Waals surface area (Å²) in [6.45, 7) is -0.519. The van der Waals surface area contributed by atoms with Crippen molar-refractivity contribution in [3.8, 4) is 0 Å². The van der Waals surface area contributed by atoms with Gasteiger partial charge in [-0.25, -0.2) is 4.98 Å². The van der Waals surface area contributed by atoms with Gasteiger partial charge in [0.15, 0.2) is 11.6 Å². The van der Waals surface area contributed by atoms with Gasteiger partial charge in [0.05, 0.1) is 18.9 Å². The van der Waals surface area contributed by atoms with Gasteiger partial charge in [-0.3, -0.25) is 0 Å². The van der Waals surface area contributed by atoms with E-state index in [0.29, 0.717) is 23.4 Å². The highest BCUT2D eigenvalue weighted by atomic mass is 16.4. The molecule has 0 aliphatic rings. The fourth-order valence-electron chi connectivity index (χ4n) is 1.22. The minimum atomic E-state index is -1.20. The first kappa shape index (κ1) is 15.8. The third-order valence-electron chi connectivity index (χ3n) is 2.25. The summed E-state index contributed by atoms with van der Waals surface area (Å²) in [7, 11) is 0. The van der Waals surface area contributed by atoms with Crippen LogP contribution in [0.25, 0.3) is 11.2 Å². The molecule has 8 N–H and O–H groups in total. The molecule has 2 heterocycles. The number of H-pyrrole nitrogens is 1. The third-order valence-corrected chi connectivity index (χ3v) is 2.25. The molecule has 10 heteroatoms. The summed E-state index contributed by atoms with van der Waals surface area (Å²) < 4.78 is 0. The fourth-order valence-corrected chi connectivity index (χ4v) is 1.22. The highest BCUT2D eigenvalue weighted by Gasteiger charge is 2.13. The molecule has 0 saturated heterocycles. The zero-order valence-electron chi connectivity index (χ0n) is 10.5. The number of aromatic nitrogens is 4. The Morgan fingerprint density at radius 2 is 2.00 bits per heavy atom. The van der Waals surface area contributed by atoms with Gasteiger partial charge in [0, 0.05) is 6.42 Å². The average Bonchev–Trinajstić information content (AvgIpc) is 2.78. The molecule has 0 spiro atoms. The fraction of sp³-hybridized carbons (Fsp3) is 0.400. The van der Waals surface area contributed by atoms with Crippen LogP contribution in [0.5, 0.6) is 0 Å². The molecule has 2 aromatic rings. The van der Waals surface area contributed by atoms with Crippen LogP contribution in [0.15, 0.2) is 6.20 Å². The van der Waals surface area contributed by atoms with E-state index in [1.807, 2.05) is 0 Å². The van der Waals surface area contributed by atoms with E-state index >= 15 is 0 Å². The van der Waals surface area contributed by atoms with Crippen molar-refractivity contribution in [2.75, 3.05) is 18.1 Å². The zero-order valence-corrected chi connectivity index (χ0v) is 10.5. The van der Waals surface area contributed by atoms with Crippen molar-refractivity contribution in [2.45, 2.75) is 18.6 Å². The number of rotatable bonds is 4. The van der Waals surface area contributed by atoms with Crippen molar-refractivity contribution >= 4 is 29.3 Å². The van der Waals surface area contributed by atoms with E-state index in [9.17, 15) is 4.79 Å². The van der Waals surface area contributed by atoms with Gasteiger partial charge in [-0.1, -0.05) is 0 Å². The molecule has 20 heavy (non-hydrogen) atoms. The van der Waals surface area contributed by atoms with Crippen molar-refractivity contribution < 1.29 is 20.1 Å². The van der Waals surface area contributed by atoms with Gasteiger partial charge >= 0.3 is 0 Å². The van der Waals surface area contributed by atoms with E-state index in [-0.39, 0.29) is 12.4 Å². The molecule has 0 aromatic carbocycles. The number of aliphatic hydroxyl groups is 3. The third kappa shape index (κ3) is 4.42. The van der Waals surface area contributed by atoms with Crippen LogP contribution >= 0.6 is 0 Å². The van der Waals surface area contributed by atoms with Gasteiger partial charge < -0.3 is 36.6 Å². The van der Waals surface area contributed by atoms with Gasteiger partial charge in [-0.15, -0.1) is 0 Å². The van der Waals surface area contributed by atoms with Crippen LogP contribution in [0.2, 0.25) is 0 Å². The SMILES string of the molecule is Nc1ncc2[nH]c(N)nc2n1.O=CCC(O)C(O)CO. The highest BCUT2D eigenvalue weighted by Crippen LogP contribution is 2.08. The summed E-state index contributed by atoms with van der Waals surface area (Å²) in [4.78, 5) is 23.9. The first-order valence-corrected chi connectivity index (χ1v) is 5.62. The Bertz CT molecular complexity index is 560. The molecule has 2 atom stereocenters. The van der Waals surface area contributed by atoms with Crippen molar-refractivity contribution in [1.82, 2.24) is 19.9 Å². The smallest absolute Gasteiger partial charge is 0.222 e. The summed E-state index contributed by atoms with van der Waals surface area (Å²) in [5.41, 5.74) is 11.9. The molecule has 0 aliphatic heterocycles. The summed E-state index contributed by atoms with van der Waals surface area (Å²) in [5, 5.41) is 25.5. The van der Waals surface area contributed by atoms with Crippen LogP contribution in [0.1, 0.15) is 6.42 Å². The van der Waals surface area contributed by atoms with Crippen LogP contribution in [-0.2, 0) is 4.79 Å². The first-order chi connectivity index (χ1) is 9.47. The predicted octanol–water partition coefficient (Wildman–Crippen LogP) is -2.19. The molecule has 0 fully saturated rings. The predicted molar refractivity (Wildman–Crippen MR) is 70.3 cm³/mol. The number of aldehydes is 1. The second-order valence-electron chi connectivity index (χ2n) is 3.81. The Kier molecular flexibility index (Phi) is 5.77. The maximum atomic E-state index is 9.68. The first-order valence-electron chi connectivity index (χ1n) is 5.62. The Hall–Kier alpha value is -2.30. The molecule has 2 aromatic heterocycles. The number of aliphatic hydroxyl groups excluding tert-OH is 3. The number of imidazole rings is 1. The second kappa shape index (κ2) is 7.33. The van der Waals surface area contributed by atoms with E-state index in [1.54, 1.807) is 6.20 Å². The highest BCUT2D eigenvalue weighted by molar-refractivity contribution is 5.72. The zero-order chi connectivity index (χ0) is 15.1. The molecule has 0 amide bonds. The Morgan fingerprint density at radius 1 is 1.30 bits per heavy atom. The minimum Gasteiger partial charge on any atom is -0.394 e. The number of nitrogens with zero attached hydrogens (tertiary/aromatic N) is 3. The lowest BCUT2D eigenvalue weighted by Crippen LogP contribution is -2.29. The maximum absolute atomic E-state index is 9.68. The number of hydrogen-bond donors (Lipinski definition) is 6. The molecule has 2 unspecified atom stereocenters. The van der Waals surface area contributed by atoms with Crippen LogP contribution in [-0.4, -0.2) is 60.4 Å². The number of carbonyl (C=O) groups is 1. The molecule has 110 valence electrons. The second-order valence-corrected chi connectivity index (χ2v) is 3.81. The van der Waals surface area contributed by atoms with E-state index in [2.05, 4.69) is 19.9 Å². The van der Waals surface area contributed by atoms with Crippen LogP contribution in [0.3, 0.4) is 0 Å². The topological polar surface area (TPSA) is 184 Å². The lowest BCUT2D eigenvalue weighted by atomic mass is 10.2. The van der Waals surface area contributed by atoms with Crippen molar-refractivity contribution in [1.29, 1.82) is 0 Å². The van der Waals surface area contributed by atoms with E-state index in [0.717, 1.165) is 0 Å². The number of hydrogen-bond acceptors (Lipinski definition) is 9. The van der Waals surface area contributed by atoms with Gasteiger partial charge in [-0.2, -0.15) is 9.97 Å². The summed E-state index contributed by atoms with van der Waals surface area (Å²) in [6.07, 6.45) is -0.436. The van der Waals surface area contributed by atoms with Crippen molar-refractivity contribution in [2.24, 2.45) is 0 Å². The number of aromatic amines is 1. The molecule has 0 aliphatic carbocycles. The van der Waals surface area contributed by atoms with Crippen LogP contribution in [0, 0.1) is 0 Å². The number of nitrogen functional groups attached to an aromatic ring is 2. The van der Waals surface area contributed by atoms with Crippen molar-refractivity contribution in [3.63, 3.8) is 0 Å². The molecular formula is C10H16N6O4. The van der Waals surface area contributed by atoms with Gasteiger partial charge in [0.1, 0.15) is 17.9 Å². The molecule has 0 saturated carbocycles. The van der Waals surface area contributed by atoms with Gasteiger partial charge in [0.25, 0.3) is 0 Å². The number of anilines is 2. The normalized spacial score (nSPS) is 13.3. The molecule has 0 radical (unpaired) electrons. The maximum Gasteiger partial charge on any atom is 0.222 e. The average molecular weight is 284 g/mol. The van der Waals surface area contributed by atoms with E-state index in [1.165, 1.54) is 0 Å².